The van der Waals surface area contributed by atoms with Crippen LogP contribution < -0.4 is 5.32 Å². The first-order valence-corrected chi connectivity index (χ1v) is 6.67. The molecule has 6 heteroatoms. The van der Waals surface area contributed by atoms with Crippen LogP contribution in [-0.4, -0.2) is 17.7 Å². The molecular formula is C14H17F4NO. The van der Waals surface area contributed by atoms with E-state index in [2.05, 4.69) is 5.32 Å². The number of rotatable bonds is 2. The quantitative estimate of drug-likeness (QED) is 0.818. The molecule has 1 aliphatic rings. The fourth-order valence-electron chi connectivity index (χ4n) is 2.50. The van der Waals surface area contributed by atoms with Crippen molar-refractivity contribution in [1.29, 1.82) is 0 Å². The number of benzene rings is 1. The lowest BCUT2D eigenvalue weighted by atomic mass is 9.97. The Balaban J connectivity index is 2.23. The van der Waals surface area contributed by atoms with Gasteiger partial charge in [0.15, 0.2) is 0 Å². The maximum atomic E-state index is 13.2. The normalized spacial score (nSPS) is 22.4. The van der Waals surface area contributed by atoms with E-state index < -0.39 is 23.7 Å². The van der Waals surface area contributed by atoms with Crippen molar-refractivity contribution >= 4 is 0 Å². The highest BCUT2D eigenvalue weighted by Gasteiger charge is 2.35. The van der Waals surface area contributed by atoms with Gasteiger partial charge >= 0.3 is 6.18 Å². The van der Waals surface area contributed by atoms with Gasteiger partial charge in [0.2, 0.25) is 0 Å². The van der Waals surface area contributed by atoms with E-state index in [1.165, 1.54) is 6.07 Å². The maximum absolute atomic E-state index is 13.2. The number of hydrogen-bond acceptors (Lipinski definition) is 2. The van der Waals surface area contributed by atoms with Crippen LogP contribution >= 0.6 is 0 Å². The lowest BCUT2D eigenvalue weighted by Crippen LogP contribution is -2.34. The van der Waals surface area contributed by atoms with Gasteiger partial charge in [-0.2, -0.15) is 13.2 Å². The van der Waals surface area contributed by atoms with E-state index in [4.69, 9.17) is 0 Å². The Kier molecular flexibility index (Phi) is 4.65. The molecule has 0 aromatic heterocycles. The summed E-state index contributed by atoms with van der Waals surface area (Å²) in [6, 6.07) is 2.39. The van der Waals surface area contributed by atoms with Crippen molar-refractivity contribution in [3.05, 3.63) is 35.1 Å². The van der Waals surface area contributed by atoms with Crippen molar-refractivity contribution < 1.29 is 22.7 Å². The summed E-state index contributed by atoms with van der Waals surface area (Å²) in [6.07, 6.45) is -2.18. The third-order valence-electron chi connectivity index (χ3n) is 3.62. The molecule has 0 radical (unpaired) electrons. The van der Waals surface area contributed by atoms with E-state index in [1.807, 2.05) is 0 Å². The molecule has 1 aromatic carbocycles. The standard InChI is InChI=1S/C14H17F4NO/c15-11-6-5-9(8-10(11)14(16,17)18)13(20)12-4-2-1-3-7-19-12/h5-6,8,12-13,19-20H,1-4,7H2. The first kappa shape index (κ1) is 15.3. The first-order chi connectivity index (χ1) is 9.39. The van der Waals surface area contributed by atoms with Crippen LogP contribution in [0, 0.1) is 5.82 Å². The highest BCUT2D eigenvalue weighted by molar-refractivity contribution is 5.29. The van der Waals surface area contributed by atoms with E-state index in [0.717, 1.165) is 31.9 Å². The molecule has 0 saturated carbocycles. The Morgan fingerprint density at radius 2 is 1.95 bits per heavy atom. The van der Waals surface area contributed by atoms with Crippen molar-refractivity contribution in [2.75, 3.05) is 6.54 Å². The molecule has 1 heterocycles. The zero-order valence-corrected chi connectivity index (χ0v) is 10.9. The van der Waals surface area contributed by atoms with Crippen LogP contribution in [0.5, 0.6) is 0 Å². The zero-order valence-electron chi connectivity index (χ0n) is 10.9. The summed E-state index contributed by atoms with van der Waals surface area (Å²) in [5.41, 5.74) is -1.24. The van der Waals surface area contributed by atoms with Crippen molar-refractivity contribution in [3.63, 3.8) is 0 Å². The van der Waals surface area contributed by atoms with Crippen molar-refractivity contribution in [2.45, 2.75) is 44.0 Å². The molecule has 0 bridgehead atoms. The third kappa shape index (κ3) is 3.49. The van der Waals surface area contributed by atoms with Gasteiger partial charge in [-0.05, 0) is 37.1 Å². The van der Waals surface area contributed by atoms with Crippen LogP contribution in [0.1, 0.15) is 42.9 Å². The number of halogens is 4. The molecule has 1 aromatic rings. The van der Waals surface area contributed by atoms with E-state index in [-0.39, 0.29) is 11.6 Å². The average molecular weight is 291 g/mol. The molecular weight excluding hydrogens is 274 g/mol. The summed E-state index contributed by atoms with van der Waals surface area (Å²) in [7, 11) is 0. The fourth-order valence-corrected chi connectivity index (χ4v) is 2.50. The zero-order chi connectivity index (χ0) is 14.8. The van der Waals surface area contributed by atoms with Crippen LogP contribution in [0.25, 0.3) is 0 Å². The molecule has 1 saturated heterocycles. The first-order valence-electron chi connectivity index (χ1n) is 6.67. The van der Waals surface area contributed by atoms with Crippen molar-refractivity contribution in [1.82, 2.24) is 5.32 Å². The van der Waals surface area contributed by atoms with Gasteiger partial charge in [0.1, 0.15) is 5.82 Å². The van der Waals surface area contributed by atoms with Gasteiger partial charge in [0, 0.05) is 6.04 Å². The second-order valence-electron chi connectivity index (χ2n) is 5.09. The van der Waals surface area contributed by atoms with E-state index in [9.17, 15) is 22.7 Å². The van der Waals surface area contributed by atoms with Gasteiger partial charge in [0.25, 0.3) is 0 Å². The van der Waals surface area contributed by atoms with Crippen LogP contribution in [0.3, 0.4) is 0 Å². The minimum absolute atomic E-state index is 0.0955. The Hall–Kier alpha value is -1.14. The number of alkyl halides is 3. The number of nitrogens with one attached hydrogen (secondary N) is 1. The molecule has 2 atom stereocenters. The Bertz CT molecular complexity index is 453. The van der Waals surface area contributed by atoms with Crippen molar-refractivity contribution in [3.8, 4) is 0 Å². The van der Waals surface area contributed by atoms with Gasteiger partial charge in [-0.25, -0.2) is 4.39 Å². The van der Waals surface area contributed by atoms with E-state index in [0.29, 0.717) is 12.5 Å². The maximum Gasteiger partial charge on any atom is 0.419 e. The Labute approximate surface area is 114 Å². The van der Waals surface area contributed by atoms with Crippen LogP contribution in [0.15, 0.2) is 18.2 Å². The Morgan fingerprint density at radius 1 is 1.20 bits per heavy atom. The summed E-state index contributed by atoms with van der Waals surface area (Å²) in [4.78, 5) is 0. The van der Waals surface area contributed by atoms with Gasteiger partial charge in [0.05, 0.1) is 11.7 Å². The average Bonchev–Trinajstić information content (AvgIpc) is 2.66. The van der Waals surface area contributed by atoms with E-state index >= 15 is 0 Å². The summed E-state index contributed by atoms with van der Waals surface area (Å²) >= 11 is 0. The number of aliphatic hydroxyl groups excluding tert-OH is 1. The molecule has 1 aliphatic heterocycles. The molecule has 2 N–H and O–H groups in total. The van der Waals surface area contributed by atoms with Gasteiger partial charge in [-0.3, -0.25) is 0 Å². The number of hydrogen-bond donors (Lipinski definition) is 2. The lowest BCUT2D eigenvalue weighted by molar-refractivity contribution is -0.140. The molecule has 0 spiro atoms. The van der Waals surface area contributed by atoms with Gasteiger partial charge in [-0.15, -0.1) is 0 Å². The smallest absolute Gasteiger partial charge is 0.387 e. The summed E-state index contributed by atoms with van der Waals surface area (Å²) in [6.45, 7) is 0.731. The van der Waals surface area contributed by atoms with Gasteiger partial charge in [-0.1, -0.05) is 18.9 Å². The molecule has 2 unspecified atom stereocenters. The summed E-state index contributed by atoms with van der Waals surface area (Å²) in [5, 5.41) is 13.3. The highest BCUT2D eigenvalue weighted by Crippen LogP contribution is 2.34. The predicted octanol–water partition coefficient (Wildman–Crippen LogP) is 3.41. The second kappa shape index (κ2) is 6.10. The highest BCUT2D eigenvalue weighted by atomic mass is 19.4. The molecule has 2 rings (SSSR count). The van der Waals surface area contributed by atoms with Crippen LogP contribution in [0.2, 0.25) is 0 Å². The monoisotopic (exact) mass is 291 g/mol. The predicted molar refractivity (Wildman–Crippen MR) is 66.6 cm³/mol. The van der Waals surface area contributed by atoms with Crippen LogP contribution in [-0.2, 0) is 6.18 Å². The van der Waals surface area contributed by atoms with E-state index in [1.54, 1.807) is 0 Å². The largest absolute Gasteiger partial charge is 0.419 e. The topological polar surface area (TPSA) is 32.3 Å². The number of aliphatic hydroxyl groups is 1. The SMILES string of the molecule is OC(c1ccc(F)c(C(F)(F)F)c1)C1CCCCCN1. The molecule has 112 valence electrons. The van der Waals surface area contributed by atoms with Gasteiger partial charge < -0.3 is 10.4 Å². The minimum atomic E-state index is -4.75. The Morgan fingerprint density at radius 3 is 2.65 bits per heavy atom. The molecule has 2 nitrogen and oxygen atoms in total. The molecule has 0 aliphatic carbocycles. The second-order valence-corrected chi connectivity index (χ2v) is 5.09. The van der Waals surface area contributed by atoms with Crippen LogP contribution in [0.4, 0.5) is 17.6 Å². The molecule has 1 fully saturated rings. The summed E-state index contributed by atoms with van der Waals surface area (Å²) < 4.78 is 51.2. The summed E-state index contributed by atoms with van der Waals surface area (Å²) in [5.74, 6) is -1.32. The third-order valence-corrected chi connectivity index (χ3v) is 3.62. The minimum Gasteiger partial charge on any atom is -0.387 e. The fraction of sp³-hybridized carbons (Fsp3) is 0.571. The van der Waals surface area contributed by atoms with Crippen molar-refractivity contribution in [2.24, 2.45) is 0 Å². The molecule has 20 heavy (non-hydrogen) atoms. The molecule has 0 amide bonds. The lowest BCUT2D eigenvalue weighted by Gasteiger charge is -2.23.